The van der Waals surface area contributed by atoms with Gasteiger partial charge < -0.3 is 9.84 Å². The first-order chi connectivity index (χ1) is 8.99. The van der Waals surface area contributed by atoms with E-state index in [4.69, 9.17) is 9.84 Å². The van der Waals surface area contributed by atoms with Crippen LogP contribution in [0.1, 0.15) is 10.4 Å². The molecule has 3 nitrogen and oxygen atoms in total. The lowest BCUT2D eigenvalue weighted by Crippen LogP contribution is -1.98. The molecular formula is C13H7BrF2O3. The van der Waals surface area contributed by atoms with Crippen molar-refractivity contribution in [3.8, 4) is 11.5 Å². The molecule has 0 bridgehead atoms. The topological polar surface area (TPSA) is 46.5 Å². The normalized spacial score (nSPS) is 10.3. The summed E-state index contributed by atoms with van der Waals surface area (Å²) in [7, 11) is 0. The highest BCUT2D eigenvalue weighted by Crippen LogP contribution is 2.29. The number of carboxylic acids is 1. The molecule has 98 valence electrons. The molecule has 6 heteroatoms. The lowest BCUT2D eigenvalue weighted by Gasteiger charge is -2.08. The SMILES string of the molecule is O=C(O)c1ccc(Oc2cccc(F)c2F)cc1Br. The molecule has 0 unspecified atom stereocenters. The Morgan fingerprint density at radius 1 is 1.21 bits per heavy atom. The Bertz CT molecular complexity index is 644. The van der Waals surface area contributed by atoms with Gasteiger partial charge in [0.2, 0.25) is 5.82 Å². The Kier molecular flexibility index (Phi) is 3.80. The number of hydrogen-bond acceptors (Lipinski definition) is 2. The Labute approximate surface area is 115 Å². The van der Waals surface area contributed by atoms with E-state index in [0.29, 0.717) is 0 Å². The molecule has 19 heavy (non-hydrogen) atoms. The van der Waals surface area contributed by atoms with Gasteiger partial charge in [0.15, 0.2) is 11.6 Å². The summed E-state index contributed by atoms with van der Waals surface area (Å²) in [4.78, 5) is 10.8. The summed E-state index contributed by atoms with van der Waals surface area (Å²) in [6.07, 6.45) is 0. The maximum Gasteiger partial charge on any atom is 0.336 e. The first kappa shape index (κ1) is 13.5. The van der Waals surface area contributed by atoms with Gasteiger partial charge in [0, 0.05) is 4.47 Å². The van der Waals surface area contributed by atoms with E-state index in [1.54, 1.807) is 0 Å². The smallest absolute Gasteiger partial charge is 0.336 e. The van der Waals surface area contributed by atoms with Gasteiger partial charge >= 0.3 is 5.97 Å². The van der Waals surface area contributed by atoms with Crippen LogP contribution >= 0.6 is 15.9 Å². The summed E-state index contributed by atoms with van der Waals surface area (Å²) in [5.74, 6) is -3.29. The molecule has 0 heterocycles. The summed E-state index contributed by atoms with van der Waals surface area (Å²) in [6, 6.07) is 7.60. The summed E-state index contributed by atoms with van der Waals surface area (Å²) < 4.78 is 31.8. The summed E-state index contributed by atoms with van der Waals surface area (Å²) >= 11 is 3.07. The molecule has 2 aromatic carbocycles. The van der Waals surface area contributed by atoms with Crippen molar-refractivity contribution in [1.82, 2.24) is 0 Å². The van der Waals surface area contributed by atoms with Gasteiger partial charge in [-0.3, -0.25) is 0 Å². The standard InChI is InChI=1S/C13H7BrF2O3/c14-9-6-7(4-5-8(9)13(17)18)19-11-3-1-2-10(15)12(11)16/h1-6H,(H,17,18). The van der Waals surface area contributed by atoms with Crippen molar-refractivity contribution in [1.29, 1.82) is 0 Å². The van der Waals surface area contributed by atoms with Crippen LogP contribution in [0.15, 0.2) is 40.9 Å². The zero-order valence-corrected chi connectivity index (χ0v) is 10.9. The fourth-order valence-electron chi connectivity index (χ4n) is 1.42. The van der Waals surface area contributed by atoms with Crippen molar-refractivity contribution in [2.45, 2.75) is 0 Å². The van der Waals surface area contributed by atoms with Gasteiger partial charge in [-0.25, -0.2) is 9.18 Å². The molecule has 2 rings (SSSR count). The van der Waals surface area contributed by atoms with Gasteiger partial charge in [-0.2, -0.15) is 4.39 Å². The second-order valence-corrected chi connectivity index (χ2v) is 4.46. The molecule has 1 N–H and O–H groups in total. The van der Waals surface area contributed by atoms with E-state index in [-0.39, 0.29) is 21.5 Å². The zero-order valence-electron chi connectivity index (χ0n) is 9.36. The fraction of sp³-hybridized carbons (Fsp3) is 0. The van der Waals surface area contributed by atoms with E-state index in [1.165, 1.54) is 30.3 Å². The van der Waals surface area contributed by atoms with Crippen molar-refractivity contribution in [2.24, 2.45) is 0 Å². The van der Waals surface area contributed by atoms with Crippen LogP contribution in [0.25, 0.3) is 0 Å². The van der Waals surface area contributed by atoms with Crippen LogP contribution in [0.4, 0.5) is 8.78 Å². The second-order valence-electron chi connectivity index (χ2n) is 3.60. The van der Waals surface area contributed by atoms with E-state index in [1.807, 2.05) is 0 Å². The molecule has 0 aliphatic heterocycles. The largest absolute Gasteiger partial charge is 0.478 e. The van der Waals surface area contributed by atoms with E-state index < -0.39 is 17.6 Å². The van der Waals surface area contributed by atoms with Crippen molar-refractivity contribution >= 4 is 21.9 Å². The Balaban J connectivity index is 2.32. The minimum Gasteiger partial charge on any atom is -0.478 e. The van der Waals surface area contributed by atoms with Crippen molar-refractivity contribution in [3.63, 3.8) is 0 Å². The summed E-state index contributed by atoms with van der Waals surface area (Å²) in [5, 5.41) is 8.85. The molecule has 0 aliphatic rings. The number of hydrogen-bond donors (Lipinski definition) is 1. The van der Waals surface area contributed by atoms with Gasteiger partial charge in [-0.05, 0) is 46.3 Å². The Hall–Kier alpha value is -1.95. The van der Waals surface area contributed by atoms with E-state index >= 15 is 0 Å². The fourth-order valence-corrected chi connectivity index (χ4v) is 1.95. The van der Waals surface area contributed by atoms with Crippen LogP contribution < -0.4 is 4.74 Å². The number of carbonyl (C=O) groups is 1. The average Bonchev–Trinajstić information content (AvgIpc) is 2.34. The summed E-state index contributed by atoms with van der Waals surface area (Å²) in [5.41, 5.74) is 0.0482. The monoisotopic (exact) mass is 328 g/mol. The van der Waals surface area contributed by atoms with Gasteiger partial charge in [0.1, 0.15) is 5.75 Å². The third-order valence-electron chi connectivity index (χ3n) is 2.31. The third kappa shape index (κ3) is 2.90. The first-order valence-corrected chi connectivity index (χ1v) is 5.93. The van der Waals surface area contributed by atoms with Gasteiger partial charge in [-0.15, -0.1) is 0 Å². The van der Waals surface area contributed by atoms with Gasteiger partial charge in [0.05, 0.1) is 5.56 Å². The second kappa shape index (κ2) is 5.36. The number of benzene rings is 2. The molecule has 0 amide bonds. The summed E-state index contributed by atoms with van der Waals surface area (Å²) in [6.45, 7) is 0. The van der Waals surface area contributed by atoms with E-state index in [2.05, 4.69) is 15.9 Å². The molecule has 0 spiro atoms. The highest BCUT2D eigenvalue weighted by atomic mass is 79.9. The Morgan fingerprint density at radius 3 is 2.58 bits per heavy atom. The van der Waals surface area contributed by atoms with Crippen molar-refractivity contribution in [3.05, 3.63) is 58.1 Å². The molecule has 0 atom stereocenters. The highest BCUT2D eigenvalue weighted by molar-refractivity contribution is 9.10. The molecule has 0 radical (unpaired) electrons. The van der Waals surface area contributed by atoms with Crippen LogP contribution in [0.5, 0.6) is 11.5 Å². The van der Waals surface area contributed by atoms with Crippen LogP contribution in [0.3, 0.4) is 0 Å². The molecule has 0 saturated heterocycles. The van der Waals surface area contributed by atoms with Crippen LogP contribution in [0, 0.1) is 11.6 Å². The number of halogens is 3. The minimum atomic E-state index is -1.10. The van der Waals surface area contributed by atoms with E-state index in [0.717, 1.165) is 6.07 Å². The minimum absolute atomic E-state index is 0.0482. The van der Waals surface area contributed by atoms with Crippen LogP contribution in [-0.2, 0) is 0 Å². The van der Waals surface area contributed by atoms with Crippen molar-refractivity contribution in [2.75, 3.05) is 0 Å². The average molecular weight is 329 g/mol. The quantitative estimate of drug-likeness (QED) is 0.917. The molecular weight excluding hydrogens is 322 g/mol. The Morgan fingerprint density at radius 2 is 1.95 bits per heavy atom. The molecule has 2 aromatic rings. The predicted octanol–water partition coefficient (Wildman–Crippen LogP) is 4.22. The maximum absolute atomic E-state index is 13.4. The van der Waals surface area contributed by atoms with Gasteiger partial charge in [-0.1, -0.05) is 6.07 Å². The molecule has 0 saturated carbocycles. The first-order valence-electron chi connectivity index (χ1n) is 5.13. The van der Waals surface area contributed by atoms with Crippen LogP contribution in [-0.4, -0.2) is 11.1 Å². The number of ether oxygens (including phenoxy) is 1. The predicted molar refractivity (Wildman–Crippen MR) is 67.5 cm³/mol. The lowest BCUT2D eigenvalue weighted by atomic mass is 10.2. The molecule has 0 aliphatic carbocycles. The molecule has 0 aromatic heterocycles. The number of carboxylic acid groups (broad SMARTS) is 1. The zero-order chi connectivity index (χ0) is 14.0. The van der Waals surface area contributed by atoms with Crippen molar-refractivity contribution < 1.29 is 23.4 Å². The van der Waals surface area contributed by atoms with E-state index in [9.17, 15) is 13.6 Å². The molecule has 0 fully saturated rings. The highest BCUT2D eigenvalue weighted by Gasteiger charge is 2.12. The number of aromatic carboxylic acids is 1. The van der Waals surface area contributed by atoms with Gasteiger partial charge in [0.25, 0.3) is 0 Å². The number of rotatable bonds is 3. The third-order valence-corrected chi connectivity index (χ3v) is 2.97. The maximum atomic E-state index is 13.4. The lowest BCUT2D eigenvalue weighted by molar-refractivity contribution is 0.0696. The van der Waals surface area contributed by atoms with Crippen LogP contribution in [0.2, 0.25) is 0 Å².